The van der Waals surface area contributed by atoms with Crippen LogP contribution in [0.3, 0.4) is 0 Å². The summed E-state index contributed by atoms with van der Waals surface area (Å²) in [5.41, 5.74) is 0. The maximum absolute atomic E-state index is 12.6. The number of hydrogen-bond donors (Lipinski definition) is 0. The number of methoxy groups -OCH3 is 1. The summed E-state index contributed by atoms with van der Waals surface area (Å²) in [6.45, 7) is 4.00. The van der Waals surface area contributed by atoms with Crippen LogP contribution in [0.1, 0.15) is 13.8 Å². The molecule has 0 N–H and O–H groups in total. The molecule has 0 unspecified atom stereocenters. The van der Waals surface area contributed by atoms with Crippen LogP contribution in [0.15, 0.2) is 0 Å². The minimum Gasteiger partial charge on any atom is -0.491 e. The highest BCUT2D eigenvalue weighted by atomic mass is 19.2. The lowest BCUT2D eigenvalue weighted by atomic mass is 10.3. The fourth-order valence-corrected chi connectivity index (χ4v) is 0.764. The molecule has 0 aliphatic rings. The van der Waals surface area contributed by atoms with Gasteiger partial charge in [-0.3, -0.25) is 0 Å². The Kier molecular flexibility index (Phi) is 5.04. The molecule has 0 spiro atoms. The van der Waals surface area contributed by atoms with Gasteiger partial charge in [-0.15, -0.1) is 0 Å². The van der Waals surface area contributed by atoms with Crippen LogP contribution < -0.4 is 4.74 Å². The van der Waals surface area contributed by atoms with Gasteiger partial charge < -0.3 is 4.74 Å². The Morgan fingerprint density at radius 2 is 0.933 bits per heavy atom. The molecule has 0 saturated heterocycles. The molecule has 86 valence electrons. The van der Waals surface area contributed by atoms with Crippen LogP contribution >= 0.6 is 0 Å². The summed E-state index contributed by atoms with van der Waals surface area (Å²) in [5.74, 6) is -11.5. The number of hydrogen-bond acceptors (Lipinski definition) is 1. The molecule has 15 heavy (non-hydrogen) atoms. The topological polar surface area (TPSA) is 9.23 Å². The van der Waals surface area contributed by atoms with Crippen LogP contribution in [0.2, 0.25) is 0 Å². The van der Waals surface area contributed by atoms with Gasteiger partial charge in [-0.2, -0.15) is 8.78 Å². The first-order valence-corrected chi connectivity index (χ1v) is 4.06. The third kappa shape index (κ3) is 2.37. The van der Waals surface area contributed by atoms with Crippen LogP contribution in [-0.4, -0.2) is 7.11 Å². The zero-order valence-electron chi connectivity index (χ0n) is 8.30. The van der Waals surface area contributed by atoms with Crippen molar-refractivity contribution < 1.29 is 26.7 Å². The summed E-state index contributed by atoms with van der Waals surface area (Å²) in [4.78, 5) is 0. The average Bonchev–Trinajstić information content (AvgIpc) is 2.27. The molecule has 0 aromatic heterocycles. The van der Waals surface area contributed by atoms with Crippen molar-refractivity contribution >= 4 is 0 Å². The fraction of sp³-hybridized carbons (Fsp3) is 0.333. The van der Waals surface area contributed by atoms with Gasteiger partial charge in [0, 0.05) is 0 Å². The highest BCUT2D eigenvalue weighted by Crippen LogP contribution is 2.28. The van der Waals surface area contributed by atoms with Crippen molar-refractivity contribution in [2.45, 2.75) is 13.8 Å². The maximum Gasteiger partial charge on any atom is 0.206 e. The Hall–Kier alpha value is -1.33. The minimum atomic E-state index is -2.20. The molecule has 6 heteroatoms. The molecule has 0 radical (unpaired) electrons. The lowest BCUT2D eigenvalue weighted by Gasteiger charge is -2.05. The molecular formula is C9H9F5O. The van der Waals surface area contributed by atoms with Crippen molar-refractivity contribution in [1.29, 1.82) is 0 Å². The summed E-state index contributed by atoms with van der Waals surface area (Å²) in [6.07, 6.45) is 0. The molecule has 0 amide bonds. The second-order valence-corrected chi connectivity index (χ2v) is 2.10. The smallest absolute Gasteiger partial charge is 0.206 e. The predicted molar refractivity (Wildman–Crippen MR) is 44.1 cm³/mol. The third-order valence-corrected chi connectivity index (χ3v) is 1.37. The first-order chi connectivity index (χ1) is 7.00. The molecule has 0 fully saturated rings. The van der Waals surface area contributed by atoms with E-state index in [1.807, 2.05) is 13.8 Å². The first-order valence-electron chi connectivity index (χ1n) is 4.06. The summed E-state index contributed by atoms with van der Waals surface area (Å²) in [5, 5.41) is 0. The van der Waals surface area contributed by atoms with Gasteiger partial charge in [0.15, 0.2) is 5.75 Å². The summed E-state index contributed by atoms with van der Waals surface area (Å²) >= 11 is 0. The lowest BCUT2D eigenvalue weighted by molar-refractivity contribution is 0.310. The molecule has 0 atom stereocenters. The van der Waals surface area contributed by atoms with Crippen LogP contribution in [0.4, 0.5) is 22.0 Å². The van der Waals surface area contributed by atoms with E-state index >= 15 is 0 Å². The van der Waals surface area contributed by atoms with Gasteiger partial charge in [-0.1, -0.05) is 13.8 Å². The molecule has 1 aromatic carbocycles. The van der Waals surface area contributed by atoms with E-state index in [4.69, 9.17) is 0 Å². The average molecular weight is 228 g/mol. The van der Waals surface area contributed by atoms with E-state index in [1.54, 1.807) is 0 Å². The largest absolute Gasteiger partial charge is 0.491 e. The van der Waals surface area contributed by atoms with E-state index in [2.05, 4.69) is 4.74 Å². The van der Waals surface area contributed by atoms with E-state index in [-0.39, 0.29) is 0 Å². The van der Waals surface area contributed by atoms with Crippen LogP contribution in [0.5, 0.6) is 5.75 Å². The van der Waals surface area contributed by atoms with Gasteiger partial charge in [0.2, 0.25) is 29.1 Å². The minimum absolute atomic E-state index is 0.804. The zero-order valence-corrected chi connectivity index (χ0v) is 8.30. The van der Waals surface area contributed by atoms with Gasteiger partial charge in [0.05, 0.1) is 7.11 Å². The van der Waals surface area contributed by atoms with Crippen molar-refractivity contribution in [3.05, 3.63) is 29.1 Å². The SMILES string of the molecule is CC.COc1c(F)c(F)c(F)c(F)c1F. The zero-order chi connectivity index (χ0) is 12.2. The number of rotatable bonds is 1. The van der Waals surface area contributed by atoms with E-state index < -0.39 is 34.8 Å². The molecular weight excluding hydrogens is 219 g/mol. The molecule has 0 saturated carbocycles. The number of ether oxygens (including phenoxy) is 1. The molecule has 0 aliphatic carbocycles. The Bertz CT molecular complexity index is 322. The van der Waals surface area contributed by atoms with Crippen molar-refractivity contribution in [1.82, 2.24) is 0 Å². The van der Waals surface area contributed by atoms with Crippen molar-refractivity contribution in [3.8, 4) is 5.75 Å². The van der Waals surface area contributed by atoms with Crippen molar-refractivity contribution in [2.24, 2.45) is 0 Å². The molecule has 0 heterocycles. The van der Waals surface area contributed by atoms with Crippen LogP contribution in [0.25, 0.3) is 0 Å². The predicted octanol–water partition coefficient (Wildman–Crippen LogP) is 3.42. The van der Waals surface area contributed by atoms with Gasteiger partial charge in [-0.25, -0.2) is 13.2 Å². The summed E-state index contributed by atoms with van der Waals surface area (Å²) in [6, 6.07) is 0. The lowest BCUT2D eigenvalue weighted by Crippen LogP contribution is -2.04. The van der Waals surface area contributed by atoms with Crippen LogP contribution in [0, 0.1) is 29.1 Å². The Morgan fingerprint density at radius 1 is 0.667 bits per heavy atom. The van der Waals surface area contributed by atoms with Crippen molar-refractivity contribution in [3.63, 3.8) is 0 Å². The first kappa shape index (κ1) is 13.7. The van der Waals surface area contributed by atoms with Crippen LogP contribution in [-0.2, 0) is 0 Å². The standard InChI is InChI=1S/C7H3F5O.C2H6/c1-13-7-5(11)3(9)2(8)4(10)6(7)12;1-2/h1H3;1-2H3. The quantitative estimate of drug-likeness (QED) is 0.406. The van der Waals surface area contributed by atoms with Gasteiger partial charge in [0.25, 0.3) is 0 Å². The van der Waals surface area contributed by atoms with E-state index in [1.165, 1.54) is 0 Å². The Labute approximate surface area is 83.5 Å². The van der Waals surface area contributed by atoms with Gasteiger partial charge >= 0.3 is 0 Å². The second kappa shape index (κ2) is 5.53. The van der Waals surface area contributed by atoms with E-state index in [0.29, 0.717) is 0 Å². The molecule has 1 rings (SSSR count). The number of halogens is 5. The van der Waals surface area contributed by atoms with E-state index in [0.717, 1.165) is 7.11 Å². The fourth-order valence-electron chi connectivity index (χ4n) is 0.764. The summed E-state index contributed by atoms with van der Waals surface area (Å²) < 4.78 is 66.2. The van der Waals surface area contributed by atoms with Gasteiger partial charge in [-0.05, 0) is 0 Å². The second-order valence-electron chi connectivity index (χ2n) is 2.10. The maximum atomic E-state index is 12.6. The van der Waals surface area contributed by atoms with E-state index in [9.17, 15) is 22.0 Å². The summed E-state index contributed by atoms with van der Waals surface area (Å²) in [7, 11) is 0.804. The molecule has 0 aliphatic heterocycles. The highest BCUT2D eigenvalue weighted by Gasteiger charge is 2.26. The Balaban J connectivity index is 0.000000921. The normalized spacial score (nSPS) is 9.33. The van der Waals surface area contributed by atoms with Crippen molar-refractivity contribution in [2.75, 3.05) is 7.11 Å². The Morgan fingerprint density at radius 3 is 1.20 bits per heavy atom. The number of benzene rings is 1. The third-order valence-electron chi connectivity index (χ3n) is 1.37. The van der Waals surface area contributed by atoms with Gasteiger partial charge in [0.1, 0.15) is 0 Å². The molecule has 1 aromatic rings. The molecule has 0 bridgehead atoms. The monoisotopic (exact) mass is 228 g/mol. The highest BCUT2D eigenvalue weighted by molar-refractivity contribution is 5.29. The molecule has 1 nitrogen and oxygen atoms in total.